The highest BCUT2D eigenvalue weighted by Crippen LogP contribution is 2.36. The molecule has 0 unspecified atom stereocenters. The smallest absolute Gasteiger partial charge is 0.0721 e. The summed E-state index contributed by atoms with van der Waals surface area (Å²) in [6.45, 7) is 3.49. The summed E-state index contributed by atoms with van der Waals surface area (Å²) in [5.74, 6) is 0. The molecule has 1 aliphatic rings. The minimum Gasteiger partial charge on any atom is -0.380 e. The first-order valence-electron chi connectivity index (χ1n) is 6.98. The first-order chi connectivity index (χ1) is 9.77. The van der Waals surface area contributed by atoms with E-state index < -0.39 is 0 Å². The third-order valence-corrected chi connectivity index (χ3v) is 4.19. The molecule has 0 bridgehead atoms. The molecule has 0 aliphatic heterocycles. The third-order valence-electron chi connectivity index (χ3n) is 4.19. The van der Waals surface area contributed by atoms with Gasteiger partial charge in [-0.25, -0.2) is 0 Å². The van der Waals surface area contributed by atoms with Gasteiger partial charge in [-0.1, -0.05) is 30.4 Å². The number of methoxy groups -OCH3 is 2. The van der Waals surface area contributed by atoms with Gasteiger partial charge in [-0.05, 0) is 51.9 Å². The van der Waals surface area contributed by atoms with E-state index in [9.17, 15) is 0 Å². The monoisotopic (exact) mass is 268 g/mol. The molecule has 20 heavy (non-hydrogen) atoms. The van der Waals surface area contributed by atoms with Crippen LogP contribution in [0.3, 0.4) is 0 Å². The molecule has 2 heteroatoms. The Labute approximate surface area is 120 Å². The molecular formula is C18H20O2. The van der Waals surface area contributed by atoms with Gasteiger partial charge < -0.3 is 9.47 Å². The summed E-state index contributed by atoms with van der Waals surface area (Å²) in [6, 6.07) is 6.52. The Morgan fingerprint density at radius 3 is 2.55 bits per heavy atom. The van der Waals surface area contributed by atoms with E-state index in [0.29, 0.717) is 13.2 Å². The van der Waals surface area contributed by atoms with Crippen LogP contribution in [0.15, 0.2) is 24.3 Å². The minimum atomic E-state index is 0.645. The molecule has 0 saturated heterocycles. The lowest BCUT2D eigenvalue weighted by molar-refractivity contribution is 0.179. The molecule has 1 aliphatic carbocycles. The maximum Gasteiger partial charge on any atom is 0.0721 e. The predicted octanol–water partition coefficient (Wildman–Crippen LogP) is 4.01. The second kappa shape index (κ2) is 5.39. The molecule has 0 radical (unpaired) electrons. The molecule has 2 nitrogen and oxygen atoms in total. The maximum absolute atomic E-state index is 5.43. The molecule has 0 fully saturated rings. The Morgan fingerprint density at radius 2 is 1.80 bits per heavy atom. The van der Waals surface area contributed by atoms with E-state index in [0.717, 1.165) is 6.42 Å². The van der Waals surface area contributed by atoms with Gasteiger partial charge in [-0.15, -0.1) is 0 Å². The Bertz CT molecular complexity index is 684. The largest absolute Gasteiger partial charge is 0.380 e. The van der Waals surface area contributed by atoms with Crippen LogP contribution in [0, 0.1) is 6.92 Å². The highest BCUT2D eigenvalue weighted by molar-refractivity contribution is 5.98. The van der Waals surface area contributed by atoms with Gasteiger partial charge in [0, 0.05) is 14.2 Å². The second-order valence-corrected chi connectivity index (χ2v) is 5.30. The zero-order valence-corrected chi connectivity index (χ0v) is 12.3. The van der Waals surface area contributed by atoms with Crippen LogP contribution in [-0.2, 0) is 29.1 Å². The summed E-state index contributed by atoms with van der Waals surface area (Å²) < 4.78 is 10.9. The molecule has 0 amide bonds. The number of benzene rings is 2. The van der Waals surface area contributed by atoms with Gasteiger partial charge in [0.15, 0.2) is 0 Å². The van der Waals surface area contributed by atoms with Crippen LogP contribution >= 0.6 is 0 Å². The maximum atomic E-state index is 5.43. The molecule has 2 aromatic rings. The van der Waals surface area contributed by atoms with Crippen molar-refractivity contribution < 1.29 is 9.47 Å². The average Bonchev–Trinajstić information content (AvgIpc) is 2.48. The van der Waals surface area contributed by atoms with Crippen LogP contribution in [0.2, 0.25) is 0 Å². The fraction of sp³-hybridized carbons (Fsp3) is 0.333. The molecule has 0 heterocycles. The van der Waals surface area contributed by atoms with E-state index in [-0.39, 0.29) is 0 Å². The Kier molecular flexibility index (Phi) is 3.60. The van der Waals surface area contributed by atoms with E-state index >= 15 is 0 Å². The van der Waals surface area contributed by atoms with Gasteiger partial charge in [0.05, 0.1) is 13.2 Å². The Hall–Kier alpha value is -1.64. The number of rotatable bonds is 4. The van der Waals surface area contributed by atoms with Crippen LogP contribution in [0.25, 0.3) is 16.8 Å². The van der Waals surface area contributed by atoms with Gasteiger partial charge in [-0.2, -0.15) is 0 Å². The zero-order chi connectivity index (χ0) is 14.1. The van der Waals surface area contributed by atoms with Crippen LogP contribution in [0.4, 0.5) is 0 Å². The van der Waals surface area contributed by atoms with Crippen molar-refractivity contribution in [1.82, 2.24) is 0 Å². The lowest BCUT2D eigenvalue weighted by Gasteiger charge is -2.22. The minimum absolute atomic E-state index is 0.645. The molecule has 0 atom stereocenters. The SMILES string of the molecule is COCc1c(C)c(COC)c2cccc3c2c1CC=C3. The van der Waals surface area contributed by atoms with Crippen LogP contribution in [0.5, 0.6) is 0 Å². The highest BCUT2D eigenvalue weighted by Gasteiger charge is 2.19. The third kappa shape index (κ3) is 1.96. The van der Waals surface area contributed by atoms with Crippen molar-refractivity contribution in [1.29, 1.82) is 0 Å². The van der Waals surface area contributed by atoms with Crippen molar-refractivity contribution in [2.75, 3.05) is 14.2 Å². The Balaban J connectivity index is 2.40. The van der Waals surface area contributed by atoms with Crippen molar-refractivity contribution >= 4 is 16.8 Å². The van der Waals surface area contributed by atoms with E-state index in [1.807, 2.05) is 0 Å². The highest BCUT2D eigenvalue weighted by atomic mass is 16.5. The molecule has 104 valence electrons. The van der Waals surface area contributed by atoms with Gasteiger partial charge >= 0.3 is 0 Å². The van der Waals surface area contributed by atoms with Gasteiger partial charge in [0.2, 0.25) is 0 Å². The molecule has 0 spiro atoms. The van der Waals surface area contributed by atoms with Crippen molar-refractivity contribution in [2.24, 2.45) is 0 Å². The average molecular weight is 268 g/mol. The van der Waals surface area contributed by atoms with Gasteiger partial charge in [0.25, 0.3) is 0 Å². The summed E-state index contributed by atoms with van der Waals surface area (Å²) in [4.78, 5) is 0. The summed E-state index contributed by atoms with van der Waals surface area (Å²) in [5, 5.41) is 2.70. The lowest BCUT2D eigenvalue weighted by Crippen LogP contribution is -2.07. The fourth-order valence-corrected chi connectivity index (χ4v) is 3.26. The topological polar surface area (TPSA) is 18.5 Å². The molecule has 0 N–H and O–H groups in total. The molecule has 2 aromatic carbocycles. The summed E-state index contributed by atoms with van der Waals surface area (Å²) in [6.07, 6.45) is 5.45. The lowest BCUT2D eigenvalue weighted by atomic mass is 9.84. The zero-order valence-electron chi connectivity index (χ0n) is 12.3. The first-order valence-corrected chi connectivity index (χ1v) is 6.98. The van der Waals surface area contributed by atoms with E-state index in [1.165, 1.54) is 38.6 Å². The van der Waals surface area contributed by atoms with Crippen LogP contribution in [-0.4, -0.2) is 14.2 Å². The fourth-order valence-electron chi connectivity index (χ4n) is 3.26. The van der Waals surface area contributed by atoms with Crippen molar-refractivity contribution in [3.8, 4) is 0 Å². The van der Waals surface area contributed by atoms with Crippen LogP contribution in [0.1, 0.15) is 27.8 Å². The molecule has 0 aromatic heterocycles. The van der Waals surface area contributed by atoms with Crippen molar-refractivity contribution in [3.05, 3.63) is 52.1 Å². The second-order valence-electron chi connectivity index (χ2n) is 5.30. The predicted molar refractivity (Wildman–Crippen MR) is 82.8 cm³/mol. The van der Waals surface area contributed by atoms with Gasteiger partial charge in [0.1, 0.15) is 0 Å². The first kappa shape index (κ1) is 13.3. The standard InChI is InChI=1S/C18H20O2/c1-12-16(10-19-2)14-8-4-6-13-7-5-9-15(18(13)14)17(12)11-20-3/h4-8H,9-11H2,1-3H3. The molecule has 0 saturated carbocycles. The number of ether oxygens (including phenoxy) is 2. The molecular weight excluding hydrogens is 248 g/mol. The van der Waals surface area contributed by atoms with Gasteiger partial charge in [-0.3, -0.25) is 0 Å². The number of hydrogen-bond acceptors (Lipinski definition) is 2. The van der Waals surface area contributed by atoms with Crippen molar-refractivity contribution in [3.63, 3.8) is 0 Å². The normalized spacial score (nSPS) is 13.2. The van der Waals surface area contributed by atoms with E-state index in [4.69, 9.17) is 9.47 Å². The summed E-state index contributed by atoms with van der Waals surface area (Å²) in [7, 11) is 3.52. The van der Waals surface area contributed by atoms with Crippen LogP contribution < -0.4 is 0 Å². The number of allylic oxidation sites excluding steroid dienone is 1. The Morgan fingerprint density at radius 1 is 1.05 bits per heavy atom. The van der Waals surface area contributed by atoms with Crippen molar-refractivity contribution in [2.45, 2.75) is 26.6 Å². The summed E-state index contributed by atoms with van der Waals surface area (Å²) >= 11 is 0. The molecule has 3 rings (SSSR count). The number of hydrogen-bond donors (Lipinski definition) is 0. The van der Waals surface area contributed by atoms with E-state index in [2.05, 4.69) is 37.3 Å². The summed E-state index contributed by atoms with van der Waals surface area (Å²) in [5.41, 5.74) is 6.64. The quantitative estimate of drug-likeness (QED) is 0.834. The van der Waals surface area contributed by atoms with E-state index in [1.54, 1.807) is 14.2 Å².